The molecule has 0 aliphatic rings. The molecule has 5 heteroatoms. The summed E-state index contributed by atoms with van der Waals surface area (Å²) in [6.45, 7) is 0.321. The number of nitrogen functional groups attached to an aromatic ring is 1. The normalized spacial score (nSPS) is 10.6. The van der Waals surface area contributed by atoms with Crippen LogP contribution in [-0.4, -0.2) is 9.13 Å². The summed E-state index contributed by atoms with van der Waals surface area (Å²) in [4.78, 5) is 11.5. The predicted octanol–water partition coefficient (Wildman–Crippen LogP) is 0.956. The van der Waals surface area contributed by atoms with Crippen LogP contribution >= 0.6 is 0 Å². The van der Waals surface area contributed by atoms with Crippen molar-refractivity contribution in [3.63, 3.8) is 0 Å². The molecule has 0 amide bonds. The third-order valence-corrected chi connectivity index (χ3v) is 2.35. The summed E-state index contributed by atoms with van der Waals surface area (Å²) >= 11 is 0. The molecular formula is C11H12FN3O. The van der Waals surface area contributed by atoms with Crippen LogP contribution in [0.1, 0.15) is 5.56 Å². The Morgan fingerprint density at radius 2 is 2.06 bits per heavy atom. The van der Waals surface area contributed by atoms with Gasteiger partial charge in [0, 0.05) is 25.1 Å². The lowest BCUT2D eigenvalue weighted by molar-refractivity contribution is 0.623. The number of imidazole rings is 1. The molecule has 2 N–H and O–H groups in total. The van der Waals surface area contributed by atoms with E-state index in [1.807, 2.05) is 0 Å². The van der Waals surface area contributed by atoms with Gasteiger partial charge in [-0.25, -0.2) is 9.18 Å². The van der Waals surface area contributed by atoms with E-state index in [-0.39, 0.29) is 11.5 Å². The predicted molar refractivity (Wildman–Crippen MR) is 59.6 cm³/mol. The van der Waals surface area contributed by atoms with Gasteiger partial charge >= 0.3 is 5.69 Å². The van der Waals surface area contributed by atoms with Gasteiger partial charge in [-0.1, -0.05) is 0 Å². The first-order chi connectivity index (χ1) is 7.56. The number of halogens is 1. The number of rotatable bonds is 2. The summed E-state index contributed by atoms with van der Waals surface area (Å²) in [5, 5.41) is 0. The second kappa shape index (κ2) is 3.84. The third-order valence-electron chi connectivity index (χ3n) is 2.35. The molecule has 84 valence electrons. The molecule has 0 atom stereocenters. The van der Waals surface area contributed by atoms with Gasteiger partial charge < -0.3 is 10.3 Å². The summed E-state index contributed by atoms with van der Waals surface area (Å²) in [5.41, 5.74) is 6.42. The van der Waals surface area contributed by atoms with Gasteiger partial charge in [0.25, 0.3) is 0 Å². The number of nitrogens with zero attached hydrogens (tertiary/aromatic N) is 2. The second-order valence-corrected chi connectivity index (χ2v) is 3.71. The maximum absolute atomic E-state index is 13.1. The summed E-state index contributed by atoms with van der Waals surface area (Å²) in [6.07, 6.45) is 3.31. The van der Waals surface area contributed by atoms with E-state index in [4.69, 9.17) is 5.73 Å². The van der Waals surface area contributed by atoms with Gasteiger partial charge in [0.05, 0.1) is 6.54 Å². The molecule has 1 heterocycles. The molecule has 0 spiro atoms. The smallest absolute Gasteiger partial charge is 0.328 e. The van der Waals surface area contributed by atoms with E-state index in [2.05, 4.69) is 0 Å². The lowest BCUT2D eigenvalue weighted by Gasteiger charge is -2.03. The van der Waals surface area contributed by atoms with Gasteiger partial charge in [-0.05, 0) is 23.8 Å². The Kier molecular flexibility index (Phi) is 2.52. The quantitative estimate of drug-likeness (QED) is 0.768. The Morgan fingerprint density at radius 3 is 2.62 bits per heavy atom. The molecule has 2 aromatic rings. The highest BCUT2D eigenvalue weighted by Crippen LogP contribution is 2.11. The fourth-order valence-corrected chi connectivity index (χ4v) is 1.59. The van der Waals surface area contributed by atoms with E-state index in [1.54, 1.807) is 25.5 Å². The van der Waals surface area contributed by atoms with Crippen LogP contribution < -0.4 is 11.4 Å². The minimum atomic E-state index is -0.390. The molecule has 2 rings (SSSR count). The zero-order valence-electron chi connectivity index (χ0n) is 8.85. The van der Waals surface area contributed by atoms with Gasteiger partial charge in [-0.2, -0.15) is 0 Å². The largest absolute Gasteiger partial charge is 0.399 e. The molecule has 0 saturated carbocycles. The Labute approximate surface area is 91.7 Å². The van der Waals surface area contributed by atoms with Crippen molar-refractivity contribution < 1.29 is 4.39 Å². The van der Waals surface area contributed by atoms with Crippen LogP contribution in [0.3, 0.4) is 0 Å². The van der Waals surface area contributed by atoms with Crippen LogP contribution in [0.4, 0.5) is 10.1 Å². The van der Waals surface area contributed by atoms with Crippen molar-refractivity contribution in [1.82, 2.24) is 9.13 Å². The molecule has 0 fully saturated rings. The fourth-order valence-electron chi connectivity index (χ4n) is 1.59. The molecular weight excluding hydrogens is 209 g/mol. The summed E-state index contributed by atoms with van der Waals surface area (Å²) in [6, 6.07) is 4.27. The van der Waals surface area contributed by atoms with Gasteiger partial charge in [-0.15, -0.1) is 0 Å². The Bertz CT molecular complexity index is 551. The average molecular weight is 221 g/mol. The minimum Gasteiger partial charge on any atom is -0.399 e. The number of hydrogen-bond donors (Lipinski definition) is 1. The van der Waals surface area contributed by atoms with Gasteiger partial charge in [0.1, 0.15) is 5.82 Å². The van der Waals surface area contributed by atoms with Crippen LogP contribution in [0.2, 0.25) is 0 Å². The third kappa shape index (κ3) is 1.98. The maximum Gasteiger partial charge on any atom is 0.328 e. The van der Waals surface area contributed by atoms with Crippen LogP contribution in [-0.2, 0) is 13.6 Å². The van der Waals surface area contributed by atoms with E-state index >= 15 is 0 Å². The fraction of sp³-hybridized carbons (Fsp3) is 0.182. The van der Waals surface area contributed by atoms with Crippen molar-refractivity contribution in [2.45, 2.75) is 6.54 Å². The van der Waals surface area contributed by atoms with Crippen LogP contribution in [0.25, 0.3) is 0 Å². The average Bonchev–Trinajstić information content (AvgIpc) is 2.48. The van der Waals surface area contributed by atoms with Crippen molar-refractivity contribution in [3.05, 3.63) is 52.5 Å². The Balaban J connectivity index is 2.34. The number of benzene rings is 1. The van der Waals surface area contributed by atoms with E-state index < -0.39 is 0 Å². The molecule has 0 radical (unpaired) electrons. The van der Waals surface area contributed by atoms with Gasteiger partial charge in [-0.3, -0.25) is 4.57 Å². The van der Waals surface area contributed by atoms with E-state index in [0.29, 0.717) is 17.8 Å². The van der Waals surface area contributed by atoms with Gasteiger partial charge in [0.15, 0.2) is 0 Å². The summed E-state index contributed by atoms with van der Waals surface area (Å²) in [7, 11) is 1.67. The number of anilines is 1. The first-order valence-electron chi connectivity index (χ1n) is 4.83. The molecule has 16 heavy (non-hydrogen) atoms. The van der Waals surface area contributed by atoms with E-state index in [1.165, 1.54) is 21.3 Å². The maximum atomic E-state index is 13.1. The standard InChI is InChI=1S/C11H12FN3O/c1-14-2-3-15(11(14)16)7-8-4-9(12)6-10(13)5-8/h2-6H,7,13H2,1H3. The minimum absolute atomic E-state index is 0.136. The number of nitrogens with two attached hydrogens (primary N) is 1. The second-order valence-electron chi connectivity index (χ2n) is 3.71. The van der Waals surface area contributed by atoms with Crippen LogP contribution in [0.15, 0.2) is 35.4 Å². The summed E-state index contributed by atoms with van der Waals surface area (Å²) < 4.78 is 16.0. The van der Waals surface area contributed by atoms with E-state index in [0.717, 1.165) is 0 Å². The number of aromatic nitrogens is 2. The van der Waals surface area contributed by atoms with Gasteiger partial charge in [0.2, 0.25) is 0 Å². The molecule has 0 aliphatic heterocycles. The number of aryl methyl sites for hydroxylation is 1. The van der Waals surface area contributed by atoms with Crippen LogP contribution in [0, 0.1) is 5.82 Å². The highest BCUT2D eigenvalue weighted by molar-refractivity contribution is 5.41. The van der Waals surface area contributed by atoms with Crippen molar-refractivity contribution >= 4 is 5.69 Å². The zero-order valence-corrected chi connectivity index (χ0v) is 8.85. The monoisotopic (exact) mass is 221 g/mol. The topological polar surface area (TPSA) is 52.9 Å². The van der Waals surface area contributed by atoms with Crippen molar-refractivity contribution in [1.29, 1.82) is 0 Å². The molecule has 1 aromatic heterocycles. The van der Waals surface area contributed by atoms with Crippen LogP contribution in [0.5, 0.6) is 0 Å². The Hall–Kier alpha value is -2.04. The number of hydrogen-bond acceptors (Lipinski definition) is 2. The lowest BCUT2D eigenvalue weighted by atomic mass is 10.2. The zero-order chi connectivity index (χ0) is 11.7. The van der Waals surface area contributed by atoms with Crippen molar-refractivity contribution in [2.24, 2.45) is 7.05 Å². The highest BCUT2D eigenvalue weighted by atomic mass is 19.1. The molecule has 0 bridgehead atoms. The first-order valence-corrected chi connectivity index (χ1v) is 4.83. The van der Waals surface area contributed by atoms with Crippen molar-refractivity contribution in [3.8, 4) is 0 Å². The SMILES string of the molecule is Cn1ccn(Cc2cc(N)cc(F)c2)c1=O. The van der Waals surface area contributed by atoms with Crippen molar-refractivity contribution in [2.75, 3.05) is 5.73 Å². The molecule has 0 unspecified atom stereocenters. The first kappa shape index (κ1) is 10.5. The molecule has 0 saturated heterocycles. The molecule has 0 aliphatic carbocycles. The molecule has 1 aromatic carbocycles. The lowest BCUT2D eigenvalue weighted by Crippen LogP contribution is -2.22. The Morgan fingerprint density at radius 1 is 1.31 bits per heavy atom. The molecule has 4 nitrogen and oxygen atoms in total. The summed E-state index contributed by atoms with van der Waals surface area (Å²) in [5.74, 6) is -0.390. The highest BCUT2D eigenvalue weighted by Gasteiger charge is 2.03. The van der Waals surface area contributed by atoms with E-state index in [9.17, 15) is 9.18 Å².